The molecule has 2 aromatic rings. The molecule has 2 rings (SSSR count). The van der Waals surface area contributed by atoms with Crippen molar-refractivity contribution in [1.29, 1.82) is 0 Å². The Labute approximate surface area is 145 Å². The fourth-order valence-corrected chi connectivity index (χ4v) is 3.29. The van der Waals surface area contributed by atoms with Crippen LogP contribution in [0, 0.1) is 17.0 Å². The van der Waals surface area contributed by atoms with Gasteiger partial charge in [0.05, 0.1) is 16.2 Å². The van der Waals surface area contributed by atoms with E-state index in [1.807, 2.05) is 0 Å². The van der Waals surface area contributed by atoms with Crippen LogP contribution < -0.4 is 10.0 Å². The first kappa shape index (κ1) is 18.6. The largest absolute Gasteiger partial charge is 0.326 e. The molecule has 0 bridgehead atoms. The number of hydrogen-bond acceptors (Lipinski definition) is 5. The van der Waals surface area contributed by atoms with Gasteiger partial charge < -0.3 is 5.32 Å². The minimum absolute atomic E-state index is 0.0542. The molecule has 0 aromatic heterocycles. The van der Waals surface area contributed by atoms with E-state index in [2.05, 4.69) is 10.0 Å². The number of aryl methyl sites for hydroxylation is 1. The van der Waals surface area contributed by atoms with Crippen molar-refractivity contribution >= 4 is 27.3 Å². The van der Waals surface area contributed by atoms with Crippen LogP contribution in [0.4, 0.5) is 11.4 Å². The molecule has 8 nitrogen and oxygen atoms in total. The van der Waals surface area contributed by atoms with E-state index in [-0.39, 0.29) is 22.6 Å². The molecule has 2 N–H and O–H groups in total. The maximum atomic E-state index is 12.2. The molecule has 0 aliphatic rings. The number of nitro benzene ring substituents is 1. The maximum absolute atomic E-state index is 12.2. The molecule has 1 amide bonds. The van der Waals surface area contributed by atoms with Gasteiger partial charge in [-0.2, -0.15) is 0 Å². The highest BCUT2D eigenvalue weighted by molar-refractivity contribution is 7.89. The zero-order chi connectivity index (χ0) is 18.6. The minimum Gasteiger partial charge on any atom is -0.326 e. The van der Waals surface area contributed by atoms with Crippen LogP contribution in [-0.4, -0.2) is 26.3 Å². The summed E-state index contributed by atoms with van der Waals surface area (Å²) >= 11 is 0. The Kier molecular flexibility index (Phi) is 5.50. The van der Waals surface area contributed by atoms with Gasteiger partial charge in [0, 0.05) is 17.3 Å². The molecule has 0 spiro atoms. The molecule has 0 heterocycles. The lowest BCUT2D eigenvalue weighted by atomic mass is 10.1. The van der Waals surface area contributed by atoms with Crippen LogP contribution in [0.1, 0.15) is 11.1 Å². The number of carbonyl (C=O) groups excluding carboxylic acids is 1. The summed E-state index contributed by atoms with van der Waals surface area (Å²) in [5, 5.41) is 13.6. The van der Waals surface area contributed by atoms with Crippen molar-refractivity contribution in [2.45, 2.75) is 18.2 Å². The summed E-state index contributed by atoms with van der Waals surface area (Å²) in [4.78, 5) is 22.7. The van der Waals surface area contributed by atoms with E-state index in [0.29, 0.717) is 11.3 Å². The fourth-order valence-electron chi connectivity index (χ4n) is 2.29. The van der Waals surface area contributed by atoms with Gasteiger partial charge in [0.1, 0.15) is 0 Å². The highest BCUT2D eigenvalue weighted by atomic mass is 32.2. The predicted octanol–water partition coefficient (Wildman–Crippen LogP) is 1.99. The van der Waals surface area contributed by atoms with Gasteiger partial charge in [-0.1, -0.05) is 24.3 Å². The predicted molar refractivity (Wildman–Crippen MR) is 92.9 cm³/mol. The highest BCUT2D eigenvalue weighted by Crippen LogP contribution is 2.21. The molecule has 0 unspecified atom stereocenters. The fraction of sp³-hybridized carbons (Fsp3) is 0.188. The molecule has 9 heteroatoms. The van der Waals surface area contributed by atoms with Gasteiger partial charge >= 0.3 is 0 Å². The van der Waals surface area contributed by atoms with Crippen molar-refractivity contribution in [3.05, 3.63) is 63.7 Å². The summed E-state index contributed by atoms with van der Waals surface area (Å²) in [6, 6.07) is 10.5. The lowest BCUT2D eigenvalue weighted by molar-refractivity contribution is -0.385. The third kappa shape index (κ3) is 4.40. The Bertz CT molecular complexity index is 925. The summed E-state index contributed by atoms with van der Waals surface area (Å²) in [5.41, 5.74) is 0.967. The average Bonchev–Trinajstić information content (AvgIpc) is 2.56. The summed E-state index contributed by atoms with van der Waals surface area (Å²) < 4.78 is 26.2. The quantitative estimate of drug-likeness (QED) is 0.601. The summed E-state index contributed by atoms with van der Waals surface area (Å²) in [5.74, 6) is -0.481. The molecule has 0 aliphatic heterocycles. The van der Waals surface area contributed by atoms with E-state index in [1.165, 1.54) is 31.3 Å². The first-order valence-corrected chi connectivity index (χ1v) is 8.79. The van der Waals surface area contributed by atoms with E-state index >= 15 is 0 Å². The summed E-state index contributed by atoms with van der Waals surface area (Å²) in [6.07, 6.45) is -0.195. The molecule has 2 aromatic carbocycles. The first-order valence-electron chi connectivity index (χ1n) is 7.31. The number of nitrogens with zero attached hydrogens (tertiary/aromatic N) is 1. The van der Waals surface area contributed by atoms with Crippen molar-refractivity contribution in [2.75, 3.05) is 12.4 Å². The van der Waals surface area contributed by atoms with Gasteiger partial charge in [-0.15, -0.1) is 0 Å². The van der Waals surface area contributed by atoms with Crippen LogP contribution in [0.5, 0.6) is 0 Å². The molecular weight excluding hydrogens is 346 g/mol. The molecule has 132 valence electrons. The van der Waals surface area contributed by atoms with Crippen molar-refractivity contribution in [1.82, 2.24) is 4.72 Å². The van der Waals surface area contributed by atoms with Crippen LogP contribution in [0.15, 0.2) is 47.4 Å². The minimum atomic E-state index is -3.65. The van der Waals surface area contributed by atoms with Gasteiger partial charge in [0.2, 0.25) is 15.9 Å². The van der Waals surface area contributed by atoms with Gasteiger partial charge in [0.25, 0.3) is 5.69 Å². The topological polar surface area (TPSA) is 118 Å². The van der Waals surface area contributed by atoms with Gasteiger partial charge in [-0.05, 0) is 31.7 Å². The zero-order valence-electron chi connectivity index (χ0n) is 13.6. The zero-order valence-corrected chi connectivity index (χ0v) is 14.5. The Morgan fingerprint density at radius 1 is 1.20 bits per heavy atom. The third-order valence-corrected chi connectivity index (χ3v) is 5.13. The second kappa shape index (κ2) is 7.41. The van der Waals surface area contributed by atoms with Crippen LogP contribution in [-0.2, 0) is 21.2 Å². The van der Waals surface area contributed by atoms with Crippen molar-refractivity contribution in [2.24, 2.45) is 0 Å². The number of amides is 1. The molecular formula is C16H17N3O5S. The van der Waals surface area contributed by atoms with E-state index in [0.717, 1.165) is 0 Å². The van der Waals surface area contributed by atoms with Gasteiger partial charge in [-0.3, -0.25) is 14.9 Å². The number of benzene rings is 2. The SMILES string of the molecule is CNS(=O)(=O)c1cc(NC(=O)Cc2ccccc2[N+](=O)[O-])ccc1C. The molecule has 0 radical (unpaired) electrons. The Hall–Kier alpha value is -2.78. The Morgan fingerprint density at radius 2 is 1.88 bits per heavy atom. The van der Waals surface area contributed by atoms with E-state index < -0.39 is 20.9 Å². The van der Waals surface area contributed by atoms with E-state index in [1.54, 1.807) is 25.1 Å². The smallest absolute Gasteiger partial charge is 0.273 e. The number of para-hydroxylation sites is 1. The average molecular weight is 363 g/mol. The molecule has 0 aliphatic carbocycles. The number of anilines is 1. The highest BCUT2D eigenvalue weighted by Gasteiger charge is 2.18. The van der Waals surface area contributed by atoms with Crippen molar-refractivity contribution in [3.8, 4) is 0 Å². The number of nitro groups is 1. The van der Waals surface area contributed by atoms with Crippen LogP contribution in [0.2, 0.25) is 0 Å². The number of rotatable bonds is 6. The standard InChI is InChI=1S/C16H17N3O5S/c1-11-7-8-13(10-15(11)25(23,24)17-2)18-16(20)9-12-5-3-4-6-14(12)19(21)22/h3-8,10,17H,9H2,1-2H3,(H,18,20). The molecule has 0 saturated carbocycles. The number of carbonyl (C=O) groups is 1. The van der Waals surface area contributed by atoms with E-state index in [4.69, 9.17) is 0 Å². The second-order valence-corrected chi connectivity index (χ2v) is 7.15. The number of nitrogens with one attached hydrogen (secondary N) is 2. The first-order chi connectivity index (χ1) is 11.7. The lowest BCUT2D eigenvalue weighted by Crippen LogP contribution is -2.20. The normalized spacial score (nSPS) is 11.1. The number of sulfonamides is 1. The lowest BCUT2D eigenvalue weighted by Gasteiger charge is -2.10. The van der Waals surface area contributed by atoms with Crippen molar-refractivity contribution in [3.63, 3.8) is 0 Å². The van der Waals surface area contributed by atoms with Gasteiger partial charge in [0.15, 0.2) is 0 Å². The number of hydrogen-bond donors (Lipinski definition) is 2. The van der Waals surface area contributed by atoms with Crippen LogP contribution in [0.25, 0.3) is 0 Å². The van der Waals surface area contributed by atoms with Crippen LogP contribution >= 0.6 is 0 Å². The Morgan fingerprint density at radius 3 is 2.52 bits per heavy atom. The second-order valence-electron chi connectivity index (χ2n) is 5.30. The van der Waals surface area contributed by atoms with E-state index in [9.17, 15) is 23.3 Å². The maximum Gasteiger partial charge on any atom is 0.273 e. The van der Waals surface area contributed by atoms with Gasteiger partial charge in [-0.25, -0.2) is 13.1 Å². The van der Waals surface area contributed by atoms with Crippen molar-refractivity contribution < 1.29 is 18.1 Å². The molecule has 25 heavy (non-hydrogen) atoms. The Balaban J connectivity index is 2.22. The summed E-state index contributed by atoms with van der Waals surface area (Å²) in [7, 11) is -2.35. The molecule has 0 atom stereocenters. The third-order valence-electron chi connectivity index (χ3n) is 3.57. The monoisotopic (exact) mass is 363 g/mol. The van der Waals surface area contributed by atoms with Crippen LogP contribution in [0.3, 0.4) is 0 Å². The molecule has 0 saturated heterocycles. The molecule has 0 fully saturated rings. The summed E-state index contributed by atoms with van der Waals surface area (Å²) in [6.45, 7) is 1.64.